The molecule has 0 spiro atoms. The van der Waals surface area contributed by atoms with E-state index >= 15 is 0 Å². The number of hydrogen-bond acceptors (Lipinski definition) is 4. The highest BCUT2D eigenvalue weighted by atomic mass is 127. The highest BCUT2D eigenvalue weighted by Gasteiger charge is 2.07. The van der Waals surface area contributed by atoms with Gasteiger partial charge in [0.05, 0.1) is 23.8 Å². The van der Waals surface area contributed by atoms with Gasteiger partial charge in [0.25, 0.3) is 0 Å². The maximum absolute atomic E-state index is 12.9. The molecule has 2 N–H and O–H groups in total. The van der Waals surface area contributed by atoms with Crippen molar-refractivity contribution in [2.24, 2.45) is 4.99 Å². The molecule has 138 valence electrons. The minimum Gasteiger partial charge on any atom is -0.489 e. The fourth-order valence-corrected chi connectivity index (χ4v) is 2.76. The minimum absolute atomic E-state index is 0. The number of benzene rings is 1. The Kier molecular flexibility index (Phi) is 9.73. The first-order valence-corrected chi connectivity index (χ1v) is 8.78. The molecule has 0 aliphatic heterocycles. The van der Waals surface area contributed by atoms with E-state index in [4.69, 9.17) is 4.74 Å². The number of thiazole rings is 1. The van der Waals surface area contributed by atoms with E-state index in [1.807, 2.05) is 6.92 Å². The van der Waals surface area contributed by atoms with Crippen LogP contribution in [0.1, 0.15) is 24.5 Å². The van der Waals surface area contributed by atoms with Gasteiger partial charge in [-0.3, -0.25) is 4.99 Å². The van der Waals surface area contributed by atoms with Crippen LogP contribution in [0, 0.1) is 5.82 Å². The van der Waals surface area contributed by atoms with Gasteiger partial charge < -0.3 is 15.4 Å². The van der Waals surface area contributed by atoms with E-state index in [1.165, 1.54) is 12.1 Å². The molecule has 0 aliphatic carbocycles. The quantitative estimate of drug-likeness (QED) is 0.363. The summed E-state index contributed by atoms with van der Waals surface area (Å²) in [7, 11) is 1.72. The van der Waals surface area contributed by atoms with Crippen molar-refractivity contribution >= 4 is 41.3 Å². The van der Waals surface area contributed by atoms with E-state index in [0.29, 0.717) is 24.8 Å². The second-order valence-electron chi connectivity index (χ2n) is 5.28. The average molecular weight is 478 g/mol. The molecule has 5 nitrogen and oxygen atoms in total. The molecule has 0 saturated carbocycles. The standard InChI is InChI=1S/C17H23FN4OS.HI/c1-4-16-22-14(11-24-16)10-21-17(19-3)20-9-12(2)23-15-7-5-13(18)6-8-15;/h5-8,11-12H,4,9-10H2,1-3H3,(H2,19,20,21);1H. The van der Waals surface area contributed by atoms with E-state index < -0.39 is 0 Å². The van der Waals surface area contributed by atoms with Crippen LogP contribution in [-0.4, -0.2) is 30.6 Å². The fraction of sp³-hybridized carbons (Fsp3) is 0.412. The fourth-order valence-electron chi connectivity index (χ4n) is 2.01. The van der Waals surface area contributed by atoms with Crippen LogP contribution in [0.15, 0.2) is 34.6 Å². The molecule has 1 aromatic heterocycles. The van der Waals surface area contributed by atoms with Crippen molar-refractivity contribution in [3.8, 4) is 5.75 Å². The van der Waals surface area contributed by atoms with E-state index in [2.05, 4.69) is 32.9 Å². The summed E-state index contributed by atoms with van der Waals surface area (Å²) in [5, 5.41) is 9.63. The molecule has 2 rings (SSSR count). The molecule has 0 aliphatic rings. The van der Waals surface area contributed by atoms with Crippen LogP contribution in [-0.2, 0) is 13.0 Å². The van der Waals surface area contributed by atoms with Gasteiger partial charge in [0.1, 0.15) is 17.7 Å². The lowest BCUT2D eigenvalue weighted by atomic mass is 10.3. The number of nitrogens with one attached hydrogen (secondary N) is 2. The van der Waals surface area contributed by atoms with Gasteiger partial charge in [-0.2, -0.15) is 0 Å². The van der Waals surface area contributed by atoms with Crippen LogP contribution < -0.4 is 15.4 Å². The zero-order valence-electron chi connectivity index (χ0n) is 14.6. The lowest BCUT2D eigenvalue weighted by Gasteiger charge is -2.17. The smallest absolute Gasteiger partial charge is 0.191 e. The molecule has 1 unspecified atom stereocenters. The van der Waals surface area contributed by atoms with Gasteiger partial charge in [0, 0.05) is 12.4 Å². The van der Waals surface area contributed by atoms with Crippen LogP contribution in [0.4, 0.5) is 4.39 Å². The number of aromatic nitrogens is 1. The van der Waals surface area contributed by atoms with Crippen molar-refractivity contribution in [3.63, 3.8) is 0 Å². The van der Waals surface area contributed by atoms with Crippen molar-refractivity contribution in [2.75, 3.05) is 13.6 Å². The Bertz CT molecular complexity index is 663. The molecule has 0 bridgehead atoms. The summed E-state index contributed by atoms with van der Waals surface area (Å²) >= 11 is 1.67. The Morgan fingerprint density at radius 1 is 1.32 bits per heavy atom. The number of halogens is 2. The molecule has 8 heteroatoms. The monoisotopic (exact) mass is 478 g/mol. The van der Waals surface area contributed by atoms with Crippen LogP contribution >= 0.6 is 35.3 Å². The van der Waals surface area contributed by atoms with E-state index in [1.54, 1.807) is 30.5 Å². The van der Waals surface area contributed by atoms with Crippen molar-refractivity contribution in [1.82, 2.24) is 15.6 Å². The van der Waals surface area contributed by atoms with Crippen LogP contribution in [0.2, 0.25) is 0 Å². The lowest BCUT2D eigenvalue weighted by molar-refractivity contribution is 0.223. The third-order valence-electron chi connectivity index (χ3n) is 3.27. The summed E-state index contributed by atoms with van der Waals surface area (Å²) in [5.41, 5.74) is 1.01. The van der Waals surface area contributed by atoms with Crippen molar-refractivity contribution < 1.29 is 9.13 Å². The van der Waals surface area contributed by atoms with Gasteiger partial charge in [-0.25, -0.2) is 9.37 Å². The number of aliphatic imine (C=N–C) groups is 1. The second kappa shape index (κ2) is 11.2. The number of hydrogen-bond donors (Lipinski definition) is 2. The van der Waals surface area contributed by atoms with Gasteiger partial charge in [0.15, 0.2) is 5.96 Å². The first-order valence-electron chi connectivity index (χ1n) is 7.90. The molecule has 2 aromatic rings. The Labute approximate surface area is 169 Å². The highest BCUT2D eigenvalue weighted by molar-refractivity contribution is 14.0. The SMILES string of the molecule is CCc1nc(CNC(=NC)NCC(C)Oc2ccc(F)cc2)cs1.I. The molecule has 0 radical (unpaired) electrons. The number of ether oxygens (including phenoxy) is 1. The molecule has 0 saturated heterocycles. The topological polar surface area (TPSA) is 58.5 Å². The Hall–Kier alpha value is -1.42. The minimum atomic E-state index is -0.272. The molecule has 1 aromatic carbocycles. The van der Waals surface area contributed by atoms with Crippen molar-refractivity contribution in [2.45, 2.75) is 32.9 Å². The molecular formula is C17H24FIN4OS. The van der Waals surface area contributed by atoms with Gasteiger partial charge in [-0.15, -0.1) is 35.3 Å². The third-order valence-corrected chi connectivity index (χ3v) is 4.31. The zero-order chi connectivity index (χ0) is 17.4. The van der Waals surface area contributed by atoms with E-state index in [-0.39, 0.29) is 35.9 Å². The highest BCUT2D eigenvalue weighted by Crippen LogP contribution is 2.12. The molecular weight excluding hydrogens is 454 g/mol. The summed E-state index contributed by atoms with van der Waals surface area (Å²) in [6, 6.07) is 6.00. The van der Waals surface area contributed by atoms with E-state index in [9.17, 15) is 4.39 Å². The average Bonchev–Trinajstić information content (AvgIpc) is 3.05. The number of rotatable bonds is 7. The van der Waals surface area contributed by atoms with Gasteiger partial charge in [-0.05, 0) is 37.6 Å². The normalized spacial score (nSPS) is 12.2. The van der Waals surface area contributed by atoms with Crippen molar-refractivity contribution in [3.05, 3.63) is 46.2 Å². The number of guanidine groups is 1. The Morgan fingerprint density at radius 3 is 2.64 bits per heavy atom. The summed E-state index contributed by atoms with van der Waals surface area (Å²) < 4.78 is 18.6. The second-order valence-corrected chi connectivity index (χ2v) is 6.22. The maximum atomic E-state index is 12.9. The van der Waals surface area contributed by atoms with Gasteiger partial charge in [0.2, 0.25) is 0 Å². The summed E-state index contributed by atoms with van der Waals surface area (Å²) in [5.74, 6) is 1.06. The Morgan fingerprint density at radius 2 is 2.04 bits per heavy atom. The van der Waals surface area contributed by atoms with Crippen molar-refractivity contribution in [1.29, 1.82) is 0 Å². The summed E-state index contributed by atoms with van der Waals surface area (Å²) in [4.78, 5) is 8.70. The number of aryl methyl sites for hydroxylation is 1. The van der Waals surface area contributed by atoms with Gasteiger partial charge >= 0.3 is 0 Å². The first kappa shape index (κ1) is 21.6. The molecule has 0 amide bonds. The maximum Gasteiger partial charge on any atom is 0.191 e. The van der Waals surface area contributed by atoms with Crippen LogP contribution in [0.3, 0.4) is 0 Å². The van der Waals surface area contributed by atoms with Crippen LogP contribution in [0.5, 0.6) is 5.75 Å². The predicted molar refractivity (Wildman–Crippen MR) is 112 cm³/mol. The molecule has 0 fully saturated rings. The lowest BCUT2D eigenvalue weighted by Crippen LogP contribution is -2.41. The third kappa shape index (κ3) is 7.55. The van der Waals surface area contributed by atoms with Gasteiger partial charge in [-0.1, -0.05) is 6.92 Å². The molecule has 1 atom stereocenters. The zero-order valence-corrected chi connectivity index (χ0v) is 17.7. The predicted octanol–water partition coefficient (Wildman–Crippen LogP) is 3.60. The largest absolute Gasteiger partial charge is 0.489 e. The Balaban J connectivity index is 0.00000312. The molecule has 1 heterocycles. The summed E-state index contributed by atoms with van der Waals surface area (Å²) in [6.07, 6.45) is 0.871. The summed E-state index contributed by atoms with van der Waals surface area (Å²) in [6.45, 7) is 5.24. The molecule has 25 heavy (non-hydrogen) atoms. The van der Waals surface area contributed by atoms with E-state index in [0.717, 1.165) is 17.1 Å². The first-order chi connectivity index (χ1) is 11.6. The van der Waals surface area contributed by atoms with Crippen LogP contribution in [0.25, 0.3) is 0 Å². The number of nitrogens with zero attached hydrogens (tertiary/aromatic N) is 2.